The molecule has 0 aromatic heterocycles. The Kier molecular flexibility index (Phi) is 4.52. The number of thiol groups is 1. The predicted octanol–water partition coefficient (Wildman–Crippen LogP) is 1.92. The number of amides is 2. The van der Waals surface area contributed by atoms with Gasteiger partial charge in [0, 0.05) is 31.3 Å². The molecule has 2 aliphatic rings. The van der Waals surface area contributed by atoms with E-state index in [0.717, 1.165) is 12.8 Å². The van der Waals surface area contributed by atoms with E-state index in [1.54, 1.807) is 4.90 Å². The maximum Gasteiger partial charge on any atom is 0.410 e. The first kappa shape index (κ1) is 15.5. The van der Waals surface area contributed by atoms with Crippen LogP contribution in [0.2, 0.25) is 0 Å². The highest BCUT2D eigenvalue weighted by Gasteiger charge is 2.36. The highest BCUT2D eigenvalue weighted by molar-refractivity contribution is 7.81. The topological polar surface area (TPSA) is 49.9 Å². The van der Waals surface area contributed by atoms with Crippen LogP contribution in [-0.4, -0.2) is 58.3 Å². The first-order valence-corrected chi connectivity index (χ1v) is 7.73. The lowest BCUT2D eigenvalue weighted by Crippen LogP contribution is -2.45. The standard InChI is InChI=1S/C14H24N2O3S/c1-14(2,3)19-13(18)16-6-4-5-10(16)8-15-9-11(20)7-12(15)17/h10-11,20H,4-9H2,1-3H3. The summed E-state index contributed by atoms with van der Waals surface area (Å²) in [5, 5.41) is 0.124. The van der Waals surface area contributed by atoms with Crippen molar-refractivity contribution >= 4 is 24.6 Å². The van der Waals surface area contributed by atoms with Gasteiger partial charge in [0.15, 0.2) is 0 Å². The minimum atomic E-state index is -0.482. The number of hydrogen-bond acceptors (Lipinski definition) is 4. The molecule has 0 radical (unpaired) electrons. The molecule has 2 saturated heterocycles. The van der Waals surface area contributed by atoms with Gasteiger partial charge < -0.3 is 14.5 Å². The van der Waals surface area contributed by atoms with Gasteiger partial charge in [0.2, 0.25) is 5.91 Å². The second-order valence-corrected chi connectivity index (χ2v) is 7.36. The van der Waals surface area contributed by atoms with E-state index < -0.39 is 5.60 Å². The van der Waals surface area contributed by atoms with E-state index in [0.29, 0.717) is 26.1 Å². The highest BCUT2D eigenvalue weighted by atomic mass is 32.1. The van der Waals surface area contributed by atoms with Crippen molar-refractivity contribution in [2.24, 2.45) is 0 Å². The van der Waals surface area contributed by atoms with E-state index in [1.165, 1.54) is 0 Å². The van der Waals surface area contributed by atoms with Gasteiger partial charge in [0.25, 0.3) is 0 Å². The van der Waals surface area contributed by atoms with Crippen LogP contribution < -0.4 is 0 Å². The molecular formula is C14H24N2O3S. The maximum absolute atomic E-state index is 12.2. The van der Waals surface area contributed by atoms with Crippen molar-refractivity contribution in [1.82, 2.24) is 9.80 Å². The van der Waals surface area contributed by atoms with E-state index in [4.69, 9.17) is 4.74 Å². The summed E-state index contributed by atoms with van der Waals surface area (Å²) in [5.41, 5.74) is -0.482. The predicted molar refractivity (Wildman–Crippen MR) is 79.9 cm³/mol. The van der Waals surface area contributed by atoms with Crippen LogP contribution in [0.1, 0.15) is 40.0 Å². The Morgan fingerprint density at radius 1 is 1.45 bits per heavy atom. The number of rotatable bonds is 2. The van der Waals surface area contributed by atoms with Gasteiger partial charge >= 0.3 is 6.09 Å². The van der Waals surface area contributed by atoms with Crippen LogP contribution in [0.3, 0.4) is 0 Å². The van der Waals surface area contributed by atoms with Crippen LogP contribution in [0.4, 0.5) is 4.79 Å². The Bertz CT molecular complexity index is 394. The summed E-state index contributed by atoms with van der Waals surface area (Å²) in [6.07, 6.45) is 2.13. The minimum absolute atomic E-state index is 0.0763. The van der Waals surface area contributed by atoms with Crippen molar-refractivity contribution in [3.05, 3.63) is 0 Å². The summed E-state index contributed by atoms with van der Waals surface area (Å²) in [6.45, 7) is 7.60. The Labute approximate surface area is 126 Å². The van der Waals surface area contributed by atoms with Gasteiger partial charge in [0.1, 0.15) is 5.60 Å². The van der Waals surface area contributed by atoms with Crippen molar-refractivity contribution in [2.75, 3.05) is 19.6 Å². The number of nitrogens with zero attached hydrogens (tertiary/aromatic N) is 2. The molecule has 2 rings (SSSR count). The number of hydrogen-bond donors (Lipinski definition) is 1. The summed E-state index contributed by atoms with van der Waals surface area (Å²) in [4.78, 5) is 27.6. The molecule has 0 aromatic rings. The molecule has 0 aliphatic carbocycles. The van der Waals surface area contributed by atoms with Crippen molar-refractivity contribution in [3.63, 3.8) is 0 Å². The third-order valence-electron chi connectivity index (χ3n) is 3.63. The molecule has 0 N–H and O–H groups in total. The zero-order chi connectivity index (χ0) is 14.9. The lowest BCUT2D eigenvalue weighted by Gasteiger charge is -2.30. The van der Waals surface area contributed by atoms with E-state index >= 15 is 0 Å². The fourth-order valence-corrected chi connectivity index (χ4v) is 3.12. The van der Waals surface area contributed by atoms with Gasteiger partial charge in [-0.05, 0) is 33.6 Å². The fourth-order valence-electron chi connectivity index (χ4n) is 2.77. The Morgan fingerprint density at radius 3 is 2.70 bits per heavy atom. The molecule has 2 heterocycles. The molecule has 2 fully saturated rings. The summed E-state index contributed by atoms with van der Waals surface area (Å²) in [6, 6.07) is 0.0763. The average Bonchev–Trinajstić information content (AvgIpc) is 2.84. The average molecular weight is 300 g/mol. The molecule has 20 heavy (non-hydrogen) atoms. The van der Waals surface area contributed by atoms with Crippen molar-refractivity contribution in [1.29, 1.82) is 0 Å². The van der Waals surface area contributed by atoms with Crippen LogP contribution in [0.5, 0.6) is 0 Å². The third-order valence-corrected chi connectivity index (χ3v) is 3.98. The highest BCUT2D eigenvalue weighted by Crippen LogP contribution is 2.24. The van der Waals surface area contributed by atoms with Crippen LogP contribution in [0, 0.1) is 0 Å². The Balaban J connectivity index is 1.94. The Morgan fingerprint density at radius 2 is 2.15 bits per heavy atom. The van der Waals surface area contributed by atoms with Gasteiger partial charge in [-0.3, -0.25) is 4.79 Å². The molecule has 0 aromatic carbocycles. The van der Waals surface area contributed by atoms with Crippen molar-refractivity contribution < 1.29 is 14.3 Å². The summed E-state index contributed by atoms with van der Waals surface area (Å²) in [5.74, 6) is 0.140. The fraction of sp³-hybridized carbons (Fsp3) is 0.857. The Hall–Kier alpha value is -0.910. The van der Waals surface area contributed by atoms with E-state index in [1.807, 2.05) is 25.7 Å². The summed E-state index contributed by atoms with van der Waals surface area (Å²) >= 11 is 4.36. The lowest BCUT2D eigenvalue weighted by atomic mass is 10.2. The lowest BCUT2D eigenvalue weighted by molar-refractivity contribution is -0.128. The van der Waals surface area contributed by atoms with Gasteiger partial charge in [-0.15, -0.1) is 0 Å². The number of ether oxygens (including phenoxy) is 1. The monoisotopic (exact) mass is 300 g/mol. The van der Waals surface area contributed by atoms with E-state index in [2.05, 4.69) is 12.6 Å². The zero-order valence-electron chi connectivity index (χ0n) is 12.5. The normalized spacial score (nSPS) is 27.3. The van der Waals surface area contributed by atoms with Crippen LogP contribution in [0.25, 0.3) is 0 Å². The smallest absolute Gasteiger partial charge is 0.410 e. The largest absolute Gasteiger partial charge is 0.444 e. The first-order chi connectivity index (χ1) is 9.26. The number of likely N-dealkylation sites (tertiary alicyclic amines) is 2. The second-order valence-electron chi connectivity index (χ2n) is 6.63. The van der Waals surface area contributed by atoms with Gasteiger partial charge in [0.05, 0.1) is 6.04 Å². The molecule has 6 heteroatoms. The molecule has 5 nitrogen and oxygen atoms in total. The molecule has 114 valence electrons. The molecule has 2 atom stereocenters. The molecule has 0 spiro atoms. The maximum atomic E-state index is 12.2. The van der Waals surface area contributed by atoms with E-state index in [9.17, 15) is 9.59 Å². The van der Waals surface area contributed by atoms with Gasteiger partial charge in [-0.25, -0.2) is 4.79 Å². The molecule has 2 amide bonds. The quantitative estimate of drug-likeness (QED) is 0.793. The molecule has 2 unspecified atom stereocenters. The van der Waals surface area contributed by atoms with Crippen LogP contribution >= 0.6 is 12.6 Å². The van der Waals surface area contributed by atoms with Crippen molar-refractivity contribution in [3.8, 4) is 0 Å². The van der Waals surface area contributed by atoms with Gasteiger partial charge in [-0.1, -0.05) is 0 Å². The van der Waals surface area contributed by atoms with Crippen LogP contribution in [-0.2, 0) is 9.53 Å². The second kappa shape index (κ2) is 5.84. The first-order valence-electron chi connectivity index (χ1n) is 7.22. The SMILES string of the molecule is CC(C)(C)OC(=O)N1CCCC1CN1CC(S)CC1=O. The summed E-state index contributed by atoms with van der Waals surface area (Å²) < 4.78 is 5.43. The van der Waals surface area contributed by atoms with Crippen molar-refractivity contribution in [2.45, 2.75) is 56.9 Å². The third kappa shape index (κ3) is 3.81. The zero-order valence-corrected chi connectivity index (χ0v) is 13.4. The van der Waals surface area contributed by atoms with Crippen LogP contribution in [0.15, 0.2) is 0 Å². The number of carbonyl (C=O) groups is 2. The minimum Gasteiger partial charge on any atom is -0.444 e. The molecular weight excluding hydrogens is 276 g/mol. The molecule has 2 aliphatic heterocycles. The van der Waals surface area contributed by atoms with Gasteiger partial charge in [-0.2, -0.15) is 12.6 Å². The molecule has 0 saturated carbocycles. The number of carbonyl (C=O) groups excluding carboxylic acids is 2. The molecule has 0 bridgehead atoms. The van der Waals surface area contributed by atoms with E-state index in [-0.39, 0.29) is 23.3 Å². The summed E-state index contributed by atoms with van der Waals surface area (Å²) in [7, 11) is 0.